The maximum absolute atomic E-state index is 11.6. The predicted octanol–water partition coefficient (Wildman–Crippen LogP) is -1.92. The Labute approximate surface area is 102 Å². The number of sulfone groups is 1. The van der Waals surface area contributed by atoms with Gasteiger partial charge in [-0.2, -0.15) is 0 Å². The topological polar surface area (TPSA) is 121 Å². The second-order valence-electron chi connectivity index (χ2n) is 3.96. The molecule has 0 rings (SSSR count). The SMILES string of the molecule is CC(CCS(C)(=O)=O)S(=O)(=O)NCC(O)CO. The first-order valence-electron chi connectivity index (χ1n) is 5.03. The number of aliphatic hydroxyl groups is 2. The first-order valence-corrected chi connectivity index (χ1v) is 8.64. The minimum absolute atomic E-state index is 0.0105. The van der Waals surface area contributed by atoms with Crippen molar-refractivity contribution in [2.75, 3.05) is 25.2 Å². The summed E-state index contributed by atoms with van der Waals surface area (Å²) in [5.41, 5.74) is 0. The number of aliphatic hydroxyl groups excluding tert-OH is 2. The van der Waals surface area contributed by atoms with Crippen molar-refractivity contribution in [3.8, 4) is 0 Å². The summed E-state index contributed by atoms with van der Waals surface area (Å²) in [7, 11) is -6.87. The van der Waals surface area contributed by atoms with Crippen LogP contribution in [-0.4, -0.2) is 63.6 Å². The molecule has 0 bridgehead atoms. The Balaban J connectivity index is 4.31. The molecule has 0 aromatic rings. The van der Waals surface area contributed by atoms with Crippen LogP contribution in [0, 0.1) is 0 Å². The van der Waals surface area contributed by atoms with Gasteiger partial charge in [0.15, 0.2) is 0 Å². The van der Waals surface area contributed by atoms with Gasteiger partial charge in [-0.3, -0.25) is 0 Å². The van der Waals surface area contributed by atoms with Crippen LogP contribution >= 0.6 is 0 Å². The summed E-state index contributed by atoms with van der Waals surface area (Å²) in [5.74, 6) is -0.211. The fraction of sp³-hybridized carbons (Fsp3) is 1.00. The third-order valence-electron chi connectivity index (χ3n) is 2.16. The Kier molecular flexibility index (Phi) is 6.56. The van der Waals surface area contributed by atoms with Gasteiger partial charge in [-0.05, 0) is 13.3 Å². The van der Waals surface area contributed by atoms with E-state index in [0.29, 0.717) is 0 Å². The number of rotatable bonds is 8. The molecule has 0 saturated carbocycles. The van der Waals surface area contributed by atoms with E-state index in [0.717, 1.165) is 6.26 Å². The van der Waals surface area contributed by atoms with Crippen molar-refractivity contribution >= 4 is 19.9 Å². The lowest BCUT2D eigenvalue weighted by Crippen LogP contribution is -2.39. The molecule has 7 nitrogen and oxygen atoms in total. The number of nitrogens with one attached hydrogen (secondary N) is 1. The first kappa shape index (κ1) is 16.8. The summed E-state index contributed by atoms with van der Waals surface area (Å²) in [5, 5.41) is 16.6. The van der Waals surface area contributed by atoms with E-state index >= 15 is 0 Å². The van der Waals surface area contributed by atoms with Crippen molar-refractivity contribution < 1.29 is 27.0 Å². The Bertz CT molecular complexity index is 415. The van der Waals surface area contributed by atoms with Crippen molar-refractivity contribution in [1.82, 2.24) is 4.72 Å². The molecule has 0 fully saturated rings. The molecule has 0 aromatic heterocycles. The highest BCUT2D eigenvalue weighted by atomic mass is 32.2. The summed E-state index contributed by atoms with van der Waals surface area (Å²) in [4.78, 5) is 0. The summed E-state index contributed by atoms with van der Waals surface area (Å²) in [6.45, 7) is 0.557. The normalized spacial score (nSPS) is 16.7. The van der Waals surface area contributed by atoms with Crippen LogP contribution in [0.3, 0.4) is 0 Å². The molecule has 2 atom stereocenters. The summed E-state index contributed by atoms with van der Waals surface area (Å²) >= 11 is 0. The molecule has 0 aromatic carbocycles. The largest absolute Gasteiger partial charge is 0.394 e. The van der Waals surface area contributed by atoms with Crippen molar-refractivity contribution in [1.29, 1.82) is 0 Å². The van der Waals surface area contributed by atoms with Gasteiger partial charge in [0.2, 0.25) is 10.0 Å². The highest BCUT2D eigenvalue weighted by molar-refractivity contribution is 7.91. The Morgan fingerprint density at radius 2 is 1.76 bits per heavy atom. The second-order valence-corrected chi connectivity index (χ2v) is 8.40. The molecule has 17 heavy (non-hydrogen) atoms. The van der Waals surface area contributed by atoms with E-state index in [2.05, 4.69) is 4.72 Å². The Morgan fingerprint density at radius 1 is 1.24 bits per heavy atom. The number of sulfonamides is 1. The predicted molar refractivity (Wildman–Crippen MR) is 63.8 cm³/mol. The average Bonchev–Trinajstić information content (AvgIpc) is 2.21. The van der Waals surface area contributed by atoms with Gasteiger partial charge in [-0.15, -0.1) is 0 Å². The van der Waals surface area contributed by atoms with Crippen molar-refractivity contribution in [2.24, 2.45) is 0 Å². The zero-order chi connectivity index (χ0) is 13.7. The average molecular weight is 289 g/mol. The lowest BCUT2D eigenvalue weighted by atomic mass is 10.4. The van der Waals surface area contributed by atoms with Crippen LogP contribution in [0.2, 0.25) is 0 Å². The van der Waals surface area contributed by atoms with Crippen molar-refractivity contribution in [2.45, 2.75) is 24.7 Å². The van der Waals surface area contributed by atoms with Crippen molar-refractivity contribution in [3.63, 3.8) is 0 Å². The Hall–Kier alpha value is -0.220. The highest BCUT2D eigenvalue weighted by Crippen LogP contribution is 2.05. The smallest absolute Gasteiger partial charge is 0.214 e. The lowest BCUT2D eigenvalue weighted by molar-refractivity contribution is 0.0988. The zero-order valence-corrected chi connectivity index (χ0v) is 11.5. The molecule has 2 unspecified atom stereocenters. The summed E-state index contributed by atoms with van der Waals surface area (Å²) in [6.07, 6.45) is -0.134. The van der Waals surface area contributed by atoms with Gasteiger partial charge in [0.25, 0.3) is 0 Å². The standard InChI is InChI=1S/C8H19NO6S2/c1-7(3-4-16(2,12)13)17(14,15)9-5-8(11)6-10/h7-11H,3-6H2,1-2H3. The molecule has 9 heteroatoms. The van der Waals surface area contributed by atoms with Gasteiger partial charge in [-0.25, -0.2) is 21.6 Å². The second kappa shape index (κ2) is 6.64. The minimum atomic E-state index is -3.67. The molecule has 0 amide bonds. The Morgan fingerprint density at radius 3 is 2.18 bits per heavy atom. The maximum atomic E-state index is 11.6. The quantitative estimate of drug-likeness (QED) is 0.479. The third-order valence-corrected chi connectivity index (χ3v) is 5.00. The zero-order valence-electron chi connectivity index (χ0n) is 9.83. The van der Waals surface area contributed by atoms with Crippen LogP contribution in [0.15, 0.2) is 0 Å². The van der Waals surface area contributed by atoms with E-state index in [1.807, 2.05) is 0 Å². The van der Waals surface area contributed by atoms with Gasteiger partial charge in [0, 0.05) is 12.8 Å². The molecule has 0 aliphatic rings. The van der Waals surface area contributed by atoms with E-state index < -0.39 is 37.8 Å². The fourth-order valence-electron chi connectivity index (χ4n) is 0.954. The van der Waals surface area contributed by atoms with Crippen LogP contribution in [0.1, 0.15) is 13.3 Å². The lowest BCUT2D eigenvalue weighted by Gasteiger charge is -2.15. The van der Waals surface area contributed by atoms with Crippen LogP contribution in [0.25, 0.3) is 0 Å². The molecule has 0 aliphatic carbocycles. The van der Waals surface area contributed by atoms with Gasteiger partial charge >= 0.3 is 0 Å². The van der Waals surface area contributed by atoms with Crippen molar-refractivity contribution in [3.05, 3.63) is 0 Å². The maximum Gasteiger partial charge on any atom is 0.214 e. The van der Waals surface area contributed by atoms with E-state index in [9.17, 15) is 16.8 Å². The molecule has 0 aliphatic heterocycles. The molecule has 0 spiro atoms. The number of hydrogen-bond donors (Lipinski definition) is 3. The molecule has 3 N–H and O–H groups in total. The van der Waals surface area contributed by atoms with E-state index in [1.165, 1.54) is 6.92 Å². The molecule has 0 saturated heterocycles. The van der Waals surface area contributed by atoms with E-state index in [1.54, 1.807) is 0 Å². The molecule has 0 radical (unpaired) electrons. The first-order chi connectivity index (χ1) is 7.58. The minimum Gasteiger partial charge on any atom is -0.394 e. The fourth-order valence-corrected chi connectivity index (χ4v) is 3.02. The monoisotopic (exact) mass is 289 g/mol. The molecule has 0 heterocycles. The molecule has 104 valence electrons. The summed E-state index contributed by atoms with van der Waals surface area (Å²) in [6, 6.07) is 0. The van der Waals surface area contributed by atoms with Crippen LogP contribution < -0.4 is 4.72 Å². The molecular weight excluding hydrogens is 270 g/mol. The van der Waals surface area contributed by atoms with E-state index in [-0.39, 0.29) is 18.7 Å². The molecular formula is C8H19NO6S2. The van der Waals surface area contributed by atoms with Gasteiger partial charge in [0.05, 0.1) is 23.7 Å². The van der Waals surface area contributed by atoms with Crippen LogP contribution in [0.5, 0.6) is 0 Å². The highest BCUT2D eigenvalue weighted by Gasteiger charge is 2.22. The van der Waals surface area contributed by atoms with Crippen LogP contribution in [-0.2, 0) is 19.9 Å². The van der Waals surface area contributed by atoms with E-state index in [4.69, 9.17) is 10.2 Å². The summed E-state index contributed by atoms with van der Waals surface area (Å²) < 4.78 is 47.0. The van der Waals surface area contributed by atoms with Gasteiger partial charge in [0.1, 0.15) is 9.84 Å². The van der Waals surface area contributed by atoms with Crippen LogP contribution in [0.4, 0.5) is 0 Å². The number of hydrogen-bond acceptors (Lipinski definition) is 6. The van der Waals surface area contributed by atoms with Gasteiger partial charge < -0.3 is 10.2 Å². The van der Waals surface area contributed by atoms with Gasteiger partial charge in [-0.1, -0.05) is 0 Å². The third kappa shape index (κ3) is 7.66.